The number of nitro groups is 1. The molecule has 0 aromatic carbocycles. The van der Waals surface area contributed by atoms with E-state index in [1.54, 1.807) is 0 Å². The molecule has 7 heteroatoms. The summed E-state index contributed by atoms with van der Waals surface area (Å²) in [4.78, 5) is 14.7. The van der Waals surface area contributed by atoms with E-state index in [2.05, 4.69) is 5.48 Å². The SMILES string of the molecule is O=[N+]([O-])C1=CC=C(Cl)C2=CNON21. The maximum atomic E-state index is 10.5. The average molecular weight is 202 g/mol. The van der Waals surface area contributed by atoms with Crippen LogP contribution in [0.5, 0.6) is 0 Å². The van der Waals surface area contributed by atoms with Crippen LogP contribution in [0.25, 0.3) is 0 Å². The molecular weight excluding hydrogens is 198 g/mol. The third-order valence-corrected chi connectivity index (χ3v) is 1.90. The van der Waals surface area contributed by atoms with Gasteiger partial charge in [-0.15, -0.1) is 0 Å². The highest BCUT2D eigenvalue weighted by molar-refractivity contribution is 6.32. The summed E-state index contributed by atoms with van der Waals surface area (Å²) in [5.74, 6) is -0.180. The molecule has 0 amide bonds. The Bertz CT molecular complexity index is 360. The number of halogens is 1. The van der Waals surface area contributed by atoms with Crippen molar-refractivity contribution >= 4 is 11.6 Å². The fourth-order valence-electron chi connectivity index (χ4n) is 1.01. The Morgan fingerprint density at radius 2 is 2.38 bits per heavy atom. The van der Waals surface area contributed by atoms with E-state index in [1.165, 1.54) is 18.4 Å². The van der Waals surface area contributed by atoms with Crippen molar-refractivity contribution in [1.82, 2.24) is 10.5 Å². The van der Waals surface area contributed by atoms with Crippen molar-refractivity contribution < 1.29 is 9.86 Å². The van der Waals surface area contributed by atoms with Gasteiger partial charge in [-0.3, -0.25) is 0 Å². The normalized spacial score (nSPS) is 19.8. The zero-order valence-electron chi connectivity index (χ0n) is 6.23. The first-order valence-electron chi connectivity index (χ1n) is 3.35. The van der Waals surface area contributed by atoms with Crippen molar-refractivity contribution in [3.63, 3.8) is 0 Å². The van der Waals surface area contributed by atoms with Crippen LogP contribution in [-0.2, 0) is 4.94 Å². The lowest BCUT2D eigenvalue weighted by atomic mass is 10.3. The summed E-state index contributed by atoms with van der Waals surface area (Å²) in [6.45, 7) is 0. The Balaban J connectivity index is 2.42. The molecule has 2 heterocycles. The summed E-state index contributed by atoms with van der Waals surface area (Å²) < 4.78 is 0. The first-order chi connectivity index (χ1) is 6.20. The third kappa shape index (κ3) is 1.16. The number of rotatable bonds is 1. The van der Waals surface area contributed by atoms with Crippen LogP contribution in [0.4, 0.5) is 0 Å². The zero-order chi connectivity index (χ0) is 9.42. The molecule has 2 aliphatic rings. The highest BCUT2D eigenvalue weighted by Crippen LogP contribution is 2.29. The molecule has 0 saturated heterocycles. The summed E-state index contributed by atoms with van der Waals surface area (Å²) in [5.41, 5.74) is 2.80. The topological polar surface area (TPSA) is 67.6 Å². The highest BCUT2D eigenvalue weighted by atomic mass is 35.5. The molecule has 0 aromatic rings. The molecule has 2 aliphatic heterocycles. The third-order valence-electron chi connectivity index (χ3n) is 1.58. The first kappa shape index (κ1) is 8.09. The van der Waals surface area contributed by atoms with Gasteiger partial charge in [0.2, 0.25) is 5.70 Å². The molecule has 0 unspecified atom stereocenters. The first-order valence-corrected chi connectivity index (χ1v) is 3.73. The van der Waals surface area contributed by atoms with Gasteiger partial charge in [0.15, 0.2) is 0 Å². The van der Waals surface area contributed by atoms with Gasteiger partial charge in [0.05, 0.1) is 11.2 Å². The molecule has 1 N–H and O–H groups in total. The van der Waals surface area contributed by atoms with Gasteiger partial charge in [-0.05, 0) is 16.1 Å². The quantitative estimate of drug-likeness (QED) is 0.503. The van der Waals surface area contributed by atoms with Crippen LogP contribution in [0.15, 0.2) is 34.9 Å². The molecule has 6 nitrogen and oxygen atoms in total. The van der Waals surface area contributed by atoms with Gasteiger partial charge in [-0.1, -0.05) is 16.5 Å². The minimum absolute atomic E-state index is 0.180. The molecule has 0 fully saturated rings. The van der Waals surface area contributed by atoms with Crippen LogP contribution in [-0.4, -0.2) is 9.99 Å². The van der Waals surface area contributed by atoms with Crippen molar-refractivity contribution in [1.29, 1.82) is 0 Å². The van der Waals surface area contributed by atoms with Gasteiger partial charge in [0.25, 0.3) is 0 Å². The van der Waals surface area contributed by atoms with Crippen molar-refractivity contribution in [3.8, 4) is 0 Å². The van der Waals surface area contributed by atoms with Crippen molar-refractivity contribution in [2.45, 2.75) is 0 Å². The molecule has 0 aliphatic carbocycles. The minimum atomic E-state index is -0.555. The molecule has 2 rings (SSSR count). The Morgan fingerprint density at radius 1 is 1.62 bits per heavy atom. The smallest absolute Gasteiger partial charge is 0.355 e. The predicted octanol–water partition coefficient (Wildman–Crippen LogP) is 0.834. The largest absolute Gasteiger partial charge is 0.358 e. The second-order valence-electron chi connectivity index (χ2n) is 2.33. The number of fused-ring (bicyclic) bond motifs is 1. The summed E-state index contributed by atoms with van der Waals surface area (Å²) in [5, 5.41) is 11.9. The second kappa shape index (κ2) is 2.75. The molecule has 68 valence electrons. The molecular formula is C6H4ClN3O3. The fraction of sp³-hybridized carbons (Fsp3) is 0. The summed E-state index contributed by atoms with van der Waals surface area (Å²) in [6, 6.07) is 0. The van der Waals surface area contributed by atoms with E-state index in [9.17, 15) is 10.1 Å². The highest BCUT2D eigenvalue weighted by Gasteiger charge is 2.36. The minimum Gasteiger partial charge on any atom is -0.358 e. The predicted molar refractivity (Wildman–Crippen MR) is 43.2 cm³/mol. The van der Waals surface area contributed by atoms with Gasteiger partial charge >= 0.3 is 5.82 Å². The maximum Gasteiger partial charge on any atom is 0.355 e. The summed E-state index contributed by atoms with van der Waals surface area (Å²) >= 11 is 5.75. The molecule has 0 atom stereocenters. The van der Waals surface area contributed by atoms with E-state index in [-0.39, 0.29) is 5.82 Å². The lowest BCUT2D eigenvalue weighted by molar-refractivity contribution is -0.465. The molecule has 0 aromatic heterocycles. The van der Waals surface area contributed by atoms with Gasteiger partial charge in [-0.2, -0.15) is 0 Å². The Labute approximate surface area is 77.8 Å². The monoisotopic (exact) mass is 201 g/mol. The Hall–Kier alpha value is -1.53. The molecule has 0 saturated carbocycles. The van der Waals surface area contributed by atoms with Gasteiger partial charge < -0.3 is 10.1 Å². The summed E-state index contributed by atoms with van der Waals surface area (Å²) in [6.07, 6.45) is 4.15. The van der Waals surface area contributed by atoms with E-state index < -0.39 is 4.92 Å². The van der Waals surface area contributed by atoms with Gasteiger partial charge in [-0.25, -0.2) is 5.48 Å². The molecule has 13 heavy (non-hydrogen) atoms. The van der Waals surface area contributed by atoms with E-state index in [1.807, 2.05) is 0 Å². The summed E-state index contributed by atoms with van der Waals surface area (Å²) in [7, 11) is 0. The number of allylic oxidation sites excluding steroid dienone is 3. The lowest BCUT2D eigenvalue weighted by Crippen LogP contribution is -2.26. The van der Waals surface area contributed by atoms with E-state index in [0.717, 1.165) is 5.06 Å². The second-order valence-corrected chi connectivity index (χ2v) is 2.74. The number of nitrogens with zero attached hydrogens (tertiary/aromatic N) is 2. The Kier molecular flexibility index (Phi) is 1.71. The van der Waals surface area contributed by atoms with Crippen LogP contribution >= 0.6 is 11.6 Å². The molecule has 0 radical (unpaired) electrons. The number of hydrogen-bond acceptors (Lipinski definition) is 5. The number of nitrogens with one attached hydrogen (secondary N) is 1. The van der Waals surface area contributed by atoms with Crippen LogP contribution in [0, 0.1) is 10.1 Å². The van der Waals surface area contributed by atoms with Gasteiger partial charge in [0, 0.05) is 6.08 Å². The lowest BCUT2D eigenvalue weighted by Gasteiger charge is -2.13. The molecule has 0 spiro atoms. The van der Waals surface area contributed by atoms with Crippen LogP contribution in [0.1, 0.15) is 0 Å². The van der Waals surface area contributed by atoms with Crippen LogP contribution in [0.2, 0.25) is 0 Å². The van der Waals surface area contributed by atoms with Gasteiger partial charge in [0.1, 0.15) is 0 Å². The maximum absolute atomic E-state index is 10.5. The zero-order valence-corrected chi connectivity index (χ0v) is 6.99. The van der Waals surface area contributed by atoms with Crippen molar-refractivity contribution in [2.75, 3.05) is 0 Å². The standard InChI is InChI=1S/C6H4ClN3O3/c7-4-1-2-6(10(11)12)9-5(4)3-8-13-9/h1-3,8H. The van der Waals surface area contributed by atoms with Crippen LogP contribution in [0.3, 0.4) is 0 Å². The number of hydroxylamine groups is 3. The molecule has 0 bridgehead atoms. The van der Waals surface area contributed by atoms with E-state index in [0.29, 0.717) is 10.7 Å². The average Bonchev–Trinajstić information content (AvgIpc) is 2.53. The van der Waals surface area contributed by atoms with E-state index >= 15 is 0 Å². The Morgan fingerprint density at radius 3 is 3.08 bits per heavy atom. The number of hydrogen-bond donors (Lipinski definition) is 1. The van der Waals surface area contributed by atoms with Crippen molar-refractivity contribution in [2.24, 2.45) is 0 Å². The van der Waals surface area contributed by atoms with Crippen molar-refractivity contribution in [3.05, 3.63) is 45.0 Å². The van der Waals surface area contributed by atoms with E-state index in [4.69, 9.17) is 16.5 Å². The fourth-order valence-corrected chi connectivity index (χ4v) is 1.21. The van der Waals surface area contributed by atoms with Crippen LogP contribution < -0.4 is 5.48 Å².